The van der Waals surface area contributed by atoms with E-state index in [9.17, 15) is 4.79 Å². The Morgan fingerprint density at radius 1 is 1.26 bits per heavy atom. The normalized spacial score (nSPS) is 15.7. The van der Waals surface area contributed by atoms with Gasteiger partial charge >= 0.3 is 0 Å². The Hall–Kier alpha value is -2.26. The van der Waals surface area contributed by atoms with Crippen molar-refractivity contribution in [2.24, 2.45) is 0 Å². The summed E-state index contributed by atoms with van der Waals surface area (Å²) in [6, 6.07) is 7.97. The van der Waals surface area contributed by atoms with Crippen molar-refractivity contribution in [2.75, 3.05) is 11.5 Å². The van der Waals surface area contributed by atoms with Crippen LogP contribution in [0, 0.1) is 0 Å². The van der Waals surface area contributed by atoms with Crippen LogP contribution in [0.3, 0.4) is 0 Å². The first-order valence-corrected chi connectivity index (χ1v) is 10.9. The maximum Gasteiger partial charge on any atom is 0.262 e. The van der Waals surface area contributed by atoms with Crippen LogP contribution in [0.1, 0.15) is 24.8 Å². The number of aromatic nitrogens is 5. The minimum absolute atomic E-state index is 0.156. The van der Waals surface area contributed by atoms with Gasteiger partial charge in [-0.1, -0.05) is 23.9 Å². The molecule has 0 atom stereocenters. The highest BCUT2D eigenvalue weighted by Gasteiger charge is 2.20. The lowest BCUT2D eigenvalue weighted by Crippen LogP contribution is -2.18. The second kappa shape index (κ2) is 7.05. The van der Waals surface area contributed by atoms with Crippen molar-refractivity contribution in [1.29, 1.82) is 0 Å². The van der Waals surface area contributed by atoms with E-state index in [-0.39, 0.29) is 5.56 Å². The predicted molar refractivity (Wildman–Crippen MR) is 107 cm³/mol. The summed E-state index contributed by atoms with van der Waals surface area (Å²) in [4.78, 5) is 24.4. The Bertz CT molecular complexity index is 1130. The van der Waals surface area contributed by atoms with Gasteiger partial charge in [0.25, 0.3) is 5.56 Å². The number of benzene rings is 1. The van der Waals surface area contributed by atoms with Crippen LogP contribution < -0.4 is 5.56 Å². The van der Waals surface area contributed by atoms with E-state index in [4.69, 9.17) is 4.42 Å². The molecule has 0 saturated carbocycles. The summed E-state index contributed by atoms with van der Waals surface area (Å²) in [5, 5.41) is 5.55. The van der Waals surface area contributed by atoms with Gasteiger partial charge in [-0.15, -0.1) is 0 Å². The number of H-pyrrole nitrogens is 1. The third-order valence-electron chi connectivity index (χ3n) is 4.65. The molecule has 0 aliphatic carbocycles. The number of thioether (sulfide) groups is 2. The highest BCUT2D eigenvalue weighted by Crippen LogP contribution is 2.29. The maximum atomic E-state index is 12.4. The number of oxazole rings is 1. The lowest BCUT2D eigenvalue weighted by Gasteiger charge is -2.22. The number of hydrogen-bond donors (Lipinski definition) is 1. The monoisotopic (exact) mass is 399 g/mol. The fourth-order valence-corrected chi connectivity index (χ4v) is 5.07. The van der Waals surface area contributed by atoms with E-state index in [1.165, 1.54) is 11.8 Å². The van der Waals surface area contributed by atoms with Crippen LogP contribution in [0.5, 0.6) is 0 Å². The van der Waals surface area contributed by atoms with Crippen LogP contribution >= 0.6 is 23.5 Å². The summed E-state index contributed by atoms with van der Waals surface area (Å²) in [5.41, 5.74) is 2.10. The molecule has 0 spiro atoms. The van der Waals surface area contributed by atoms with E-state index >= 15 is 0 Å². The van der Waals surface area contributed by atoms with Crippen molar-refractivity contribution in [3.05, 3.63) is 46.7 Å². The van der Waals surface area contributed by atoms with E-state index < -0.39 is 0 Å². The molecule has 138 valence electrons. The number of hydrogen-bond acceptors (Lipinski definition) is 7. The molecule has 0 unspecified atom stereocenters. The van der Waals surface area contributed by atoms with E-state index in [0.29, 0.717) is 33.9 Å². The number of nitrogens with one attached hydrogen (secondary N) is 1. The van der Waals surface area contributed by atoms with Crippen LogP contribution in [0.4, 0.5) is 0 Å². The van der Waals surface area contributed by atoms with Crippen LogP contribution in [0.15, 0.2) is 44.8 Å². The second-order valence-electron chi connectivity index (χ2n) is 6.41. The van der Waals surface area contributed by atoms with Gasteiger partial charge in [-0.05, 0) is 36.5 Å². The highest BCUT2D eigenvalue weighted by molar-refractivity contribution is 7.99. The van der Waals surface area contributed by atoms with Gasteiger partial charge in [-0.2, -0.15) is 16.9 Å². The zero-order valence-corrected chi connectivity index (χ0v) is 16.1. The molecule has 27 heavy (non-hydrogen) atoms. The third kappa shape index (κ3) is 3.25. The maximum absolute atomic E-state index is 12.4. The smallest absolute Gasteiger partial charge is 0.262 e. The largest absolute Gasteiger partial charge is 0.440 e. The Morgan fingerprint density at radius 3 is 2.96 bits per heavy atom. The third-order valence-corrected chi connectivity index (χ3v) is 6.56. The molecule has 1 N–H and O–H groups in total. The molecule has 0 amide bonds. The molecule has 9 heteroatoms. The van der Waals surface area contributed by atoms with Gasteiger partial charge in [0.15, 0.2) is 16.4 Å². The molecule has 1 saturated heterocycles. The Morgan fingerprint density at radius 2 is 2.11 bits per heavy atom. The highest BCUT2D eigenvalue weighted by atomic mass is 32.2. The molecule has 1 aliphatic heterocycles. The van der Waals surface area contributed by atoms with Crippen molar-refractivity contribution in [3.8, 4) is 0 Å². The molecule has 1 fully saturated rings. The zero-order valence-electron chi connectivity index (χ0n) is 14.4. The zero-order chi connectivity index (χ0) is 18.2. The summed E-state index contributed by atoms with van der Waals surface area (Å²) in [5.74, 6) is 3.35. The van der Waals surface area contributed by atoms with Crippen LogP contribution in [-0.4, -0.2) is 36.2 Å². The van der Waals surface area contributed by atoms with Crippen LogP contribution in [-0.2, 0) is 5.75 Å². The lowest BCUT2D eigenvalue weighted by atomic mass is 10.1. The summed E-state index contributed by atoms with van der Waals surface area (Å²) in [7, 11) is 0. The quantitative estimate of drug-likeness (QED) is 0.414. The molecule has 0 radical (unpaired) electrons. The number of rotatable bonds is 4. The van der Waals surface area contributed by atoms with E-state index in [1.807, 2.05) is 40.7 Å². The summed E-state index contributed by atoms with van der Waals surface area (Å²) in [6.07, 6.45) is 3.74. The fourth-order valence-electron chi connectivity index (χ4n) is 3.29. The van der Waals surface area contributed by atoms with Gasteiger partial charge in [0.05, 0.1) is 18.0 Å². The first kappa shape index (κ1) is 16.9. The van der Waals surface area contributed by atoms with Crippen molar-refractivity contribution in [2.45, 2.75) is 29.8 Å². The first-order chi connectivity index (χ1) is 13.3. The van der Waals surface area contributed by atoms with Gasteiger partial charge < -0.3 is 9.40 Å². The van der Waals surface area contributed by atoms with E-state index in [0.717, 1.165) is 35.4 Å². The van der Waals surface area contributed by atoms with Crippen molar-refractivity contribution >= 4 is 45.7 Å². The number of aromatic amines is 1. The molecular formula is C18H17N5O2S2. The molecule has 5 rings (SSSR count). The van der Waals surface area contributed by atoms with Gasteiger partial charge in [0.1, 0.15) is 10.9 Å². The van der Waals surface area contributed by atoms with Crippen LogP contribution in [0.25, 0.3) is 22.1 Å². The Balaban J connectivity index is 1.43. The first-order valence-electron chi connectivity index (χ1n) is 8.80. The van der Waals surface area contributed by atoms with Gasteiger partial charge in [-0.25, -0.2) is 14.6 Å². The standard InChI is InChI=1S/C18H17N5O2S2/c24-17-12-9-19-23(11-5-7-26-8-6-11)16(12)21-18(22-17)27-10-15-20-13-3-1-2-4-14(13)25-15/h1-4,9,11H,5-8,10H2,(H,21,22,24). The molecule has 1 aromatic carbocycles. The van der Waals surface area contributed by atoms with Crippen molar-refractivity contribution in [3.63, 3.8) is 0 Å². The Labute approximate surface area is 163 Å². The molecule has 4 aromatic rings. The molecular weight excluding hydrogens is 382 g/mol. The summed E-state index contributed by atoms with van der Waals surface area (Å²) < 4.78 is 7.66. The van der Waals surface area contributed by atoms with Crippen molar-refractivity contribution in [1.82, 2.24) is 24.7 Å². The van der Waals surface area contributed by atoms with Gasteiger partial charge in [0.2, 0.25) is 5.89 Å². The molecule has 0 bridgehead atoms. The van der Waals surface area contributed by atoms with E-state index in [2.05, 4.69) is 20.1 Å². The average molecular weight is 400 g/mol. The molecule has 3 aromatic heterocycles. The predicted octanol–water partition coefficient (Wildman–Crippen LogP) is 3.62. The number of nitrogens with zero attached hydrogens (tertiary/aromatic N) is 4. The van der Waals surface area contributed by atoms with Crippen molar-refractivity contribution < 1.29 is 4.42 Å². The van der Waals surface area contributed by atoms with Gasteiger partial charge in [-0.3, -0.25) is 4.79 Å². The summed E-state index contributed by atoms with van der Waals surface area (Å²) >= 11 is 3.37. The second-order valence-corrected chi connectivity index (χ2v) is 8.59. The van der Waals surface area contributed by atoms with E-state index in [1.54, 1.807) is 6.20 Å². The topological polar surface area (TPSA) is 89.6 Å². The fraction of sp³-hybridized carbons (Fsp3) is 0.333. The SMILES string of the molecule is O=c1[nH]c(SCc2nc3ccccc3o2)nc2c1cnn2C1CCSCC1. The minimum atomic E-state index is -0.156. The molecule has 1 aliphatic rings. The van der Waals surface area contributed by atoms with Crippen LogP contribution in [0.2, 0.25) is 0 Å². The number of para-hydroxylation sites is 2. The number of fused-ring (bicyclic) bond motifs is 2. The Kier molecular flexibility index (Phi) is 4.41. The molecule has 7 nitrogen and oxygen atoms in total. The van der Waals surface area contributed by atoms with Gasteiger partial charge in [0, 0.05) is 0 Å². The molecule has 4 heterocycles. The summed E-state index contributed by atoms with van der Waals surface area (Å²) in [6.45, 7) is 0. The average Bonchev–Trinajstić information content (AvgIpc) is 3.31. The minimum Gasteiger partial charge on any atom is -0.440 e. The lowest BCUT2D eigenvalue weighted by molar-refractivity contribution is 0.436.